The van der Waals surface area contributed by atoms with Crippen LogP contribution >= 0.6 is 12.2 Å². The number of likely N-dealkylation sites (tertiary alicyclic amines) is 1. The second-order valence-corrected chi connectivity index (χ2v) is 5.05. The van der Waals surface area contributed by atoms with Crippen LogP contribution in [0.2, 0.25) is 0 Å². The molecule has 98 valence electrons. The van der Waals surface area contributed by atoms with Crippen LogP contribution in [0.15, 0.2) is 18.5 Å². The molecule has 1 saturated heterocycles. The number of rotatable bonds is 6. The molecule has 1 fully saturated rings. The maximum atomic E-state index is 5.67. The van der Waals surface area contributed by atoms with Crippen molar-refractivity contribution in [1.82, 2.24) is 9.88 Å². The summed E-state index contributed by atoms with van der Waals surface area (Å²) in [5.74, 6) is 0. The van der Waals surface area contributed by atoms with Gasteiger partial charge in [-0.15, -0.1) is 0 Å². The third-order valence-electron chi connectivity index (χ3n) is 3.25. The first-order valence-corrected chi connectivity index (χ1v) is 6.88. The summed E-state index contributed by atoms with van der Waals surface area (Å²) in [5, 5.41) is 3.36. The lowest BCUT2D eigenvalue weighted by atomic mass is 10.2. The molecule has 2 heterocycles. The van der Waals surface area contributed by atoms with Gasteiger partial charge in [0.25, 0.3) is 0 Å². The van der Waals surface area contributed by atoms with Crippen LogP contribution in [-0.4, -0.2) is 41.1 Å². The van der Waals surface area contributed by atoms with E-state index < -0.39 is 0 Å². The number of nitrogens with two attached hydrogens (primary N) is 1. The second kappa shape index (κ2) is 6.66. The van der Waals surface area contributed by atoms with Crippen molar-refractivity contribution in [3.8, 4) is 0 Å². The summed E-state index contributed by atoms with van der Waals surface area (Å²) in [6.07, 6.45) is 7.32. The van der Waals surface area contributed by atoms with Crippen LogP contribution in [0.3, 0.4) is 0 Å². The first kappa shape index (κ1) is 13.2. The van der Waals surface area contributed by atoms with Gasteiger partial charge in [0.1, 0.15) is 4.99 Å². The summed E-state index contributed by atoms with van der Waals surface area (Å²) in [6.45, 7) is 4.60. The zero-order valence-corrected chi connectivity index (χ0v) is 11.4. The van der Waals surface area contributed by atoms with Crippen molar-refractivity contribution >= 4 is 22.9 Å². The quantitative estimate of drug-likeness (QED) is 0.604. The molecule has 0 saturated carbocycles. The minimum absolute atomic E-state index is 0.416. The van der Waals surface area contributed by atoms with Crippen LogP contribution < -0.4 is 11.1 Å². The van der Waals surface area contributed by atoms with E-state index >= 15 is 0 Å². The Balaban J connectivity index is 1.77. The Labute approximate surface area is 114 Å². The molecule has 5 heteroatoms. The van der Waals surface area contributed by atoms with Gasteiger partial charge in [-0.1, -0.05) is 12.2 Å². The van der Waals surface area contributed by atoms with Gasteiger partial charge in [0.2, 0.25) is 0 Å². The summed E-state index contributed by atoms with van der Waals surface area (Å²) < 4.78 is 0. The average Bonchev–Trinajstić information content (AvgIpc) is 2.88. The fourth-order valence-electron chi connectivity index (χ4n) is 2.28. The van der Waals surface area contributed by atoms with Gasteiger partial charge >= 0.3 is 0 Å². The number of hydrogen-bond donors (Lipinski definition) is 2. The Morgan fingerprint density at radius 1 is 1.44 bits per heavy atom. The molecule has 0 amide bonds. The van der Waals surface area contributed by atoms with Gasteiger partial charge in [-0.25, -0.2) is 0 Å². The molecule has 1 aromatic rings. The van der Waals surface area contributed by atoms with Crippen molar-refractivity contribution in [1.29, 1.82) is 0 Å². The number of nitrogens with zero attached hydrogens (tertiary/aromatic N) is 2. The van der Waals surface area contributed by atoms with Gasteiger partial charge in [-0.3, -0.25) is 4.98 Å². The number of anilines is 1. The third-order valence-corrected chi connectivity index (χ3v) is 3.47. The smallest absolute Gasteiger partial charge is 0.106 e. The Morgan fingerprint density at radius 3 is 2.94 bits per heavy atom. The zero-order valence-electron chi connectivity index (χ0n) is 10.6. The monoisotopic (exact) mass is 264 g/mol. The van der Waals surface area contributed by atoms with Gasteiger partial charge in [0, 0.05) is 18.3 Å². The number of nitrogens with one attached hydrogen (secondary N) is 1. The SMILES string of the molecule is NC(=S)c1ccncc1NCCCN1CCCC1. The highest BCUT2D eigenvalue weighted by atomic mass is 32.1. The summed E-state index contributed by atoms with van der Waals surface area (Å²) in [5.41, 5.74) is 7.49. The third kappa shape index (κ3) is 3.65. The molecular weight excluding hydrogens is 244 g/mol. The predicted octanol–water partition coefficient (Wildman–Crippen LogP) is 1.61. The molecule has 1 aliphatic rings. The topological polar surface area (TPSA) is 54.2 Å². The highest BCUT2D eigenvalue weighted by Gasteiger charge is 2.10. The van der Waals surface area contributed by atoms with E-state index in [9.17, 15) is 0 Å². The van der Waals surface area contributed by atoms with Crippen LogP contribution in [0.1, 0.15) is 24.8 Å². The molecule has 0 radical (unpaired) electrons. The molecule has 0 atom stereocenters. The van der Waals surface area contributed by atoms with E-state index in [1.165, 1.54) is 25.9 Å². The lowest BCUT2D eigenvalue weighted by Gasteiger charge is -2.15. The van der Waals surface area contributed by atoms with Crippen molar-refractivity contribution in [2.75, 3.05) is 31.5 Å². The van der Waals surface area contributed by atoms with Gasteiger partial charge in [0.15, 0.2) is 0 Å². The second-order valence-electron chi connectivity index (χ2n) is 4.61. The fraction of sp³-hybridized carbons (Fsp3) is 0.538. The Kier molecular flexibility index (Phi) is 4.90. The van der Waals surface area contributed by atoms with Crippen molar-refractivity contribution in [2.24, 2.45) is 5.73 Å². The van der Waals surface area contributed by atoms with Crippen LogP contribution in [0.4, 0.5) is 5.69 Å². The molecule has 4 nitrogen and oxygen atoms in total. The molecule has 3 N–H and O–H groups in total. The van der Waals surface area contributed by atoms with Gasteiger partial charge in [-0.2, -0.15) is 0 Å². The number of hydrogen-bond acceptors (Lipinski definition) is 4. The largest absolute Gasteiger partial charge is 0.389 e. The van der Waals surface area contributed by atoms with Gasteiger partial charge in [0.05, 0.1) is 11.9 Å². The minimum atomic E-state index is 0.416. The number of thiocarbonyl (C=S) groups is 1. The van der Waals surface area contributed by atoms with Crippen molar-refractivity contribution in [3.05, 3.63) is 24.0 Å². The van der Waals surface area contributed by atoms with Crippen LogP contribution in [0.25, 0.3) is 0 Å². The number of pyridine rings is 1. The Hall–Kier alpha value is -1.20. The molecule has 2 rings (SSSR count). The maximum Gasteiger partial charge on any atom is 0.106 e. The van der Waals surface area contributed by atoms with E-state index in [1.807, 2.05) is 6.07 Å². The van der Waals surface area contributed by atoms with E-state index in [1.54, 1.807) is 12.4 Å². The van der Waals surface area contributed by atoms with Crippen LogP contribution in [0, 0.1) is 0 Å². The number of aromatic nitrogens is 1. The summed E-state index contributed by atoms with van der Waals surface area (Å²) >= 11 is 5.02. The molecule has 18 heavy (non-hydrogen) atoms. The molecule has 0 bridgehead atoms. The minimum Gasteiger partial charge on any atom is -0.389 e. The van der Waals surface area contributed by atoms with Crippen molar-refractivity contribution < 1.29 is 0 Å². The standard InChI is InChI=1S/C13H20N4S/c14-13(18)11-4-6-15-10-12(11)16-5-3-9-17-7-1-2-8-17/h4,6,10,16H,1-3,5,7-9H2,(H2,14,18). The molecular formula is C13H20N4S. The summed E-state index contributed by atoms with van der Waals surface area (Å²) in [4.78, 5) is 7.03. The highest BCUT2D eigenvalue weighted by Crippen LogP contribution is 2.13. The normalized spacial score (nSPS) is 15.8. The molecule has 0 spiro atoms. The lowest BCUT2D eigenvalue weighted by molar-refractivity contribution is 0.337. The van der Waals surface area contributed by atoms with E-state index in [-0.39, 0.29) is 0 Å². The first-order valence-electron chi connectivity index (χ1n) is 6.47. The summed E-state index contributed by atoms with van der Waals surface area (Å²) in [6, 6.07) is 1.85. The van der Waals surface area contributed by atoms with Crippen LogP contribution in [-0.2, 0) is 0 Å². The van der Waals surface area contributed by atoms with E-state index in [0.717, 1.165) is 30.8 Å². The fourth-order valence-corrected chi connectivity index (χ4v) is 2.46. The van der Waals surface area contributed by atoms with E-state index in [0.29, 0.717) is 4.99 Å². The van der Waals surface area contributed by atoms with Gasteiger partial charge < -0.3 is 16.0 Å². The summed E-state index contributed by atoms with van der Waals surface area (Å²) in [7, 11) is 0. The Morgan fingerprint density at radius 2 is 2.22 bits per heavy atom. The maximum absolute atomic E-state index is 5.67. The first-order chi connectivity index (χ1) is 8.77. The Bertz CT molecular complexity index is 402. The van der Waals surface area contributed by atoms with Crippen molar-refractivity contribution in [3.63, 3.8) is 0 Å². The average molecular weight is 264 g/mol. The predicted molar refractivity (Wildman–Crippen MR) is 78.9 cm³/mol. The molecule has 0 aliphatic carbocycles. The van der Waals surface area contributed by atoms with Gasteiger partial charge in [-0.05, 0) is 45.0 Å². The molecule has 1 aliphatic heterocycles. The van der Waals surface area contributed by atoms with E-state index in [4.69, 9.17) is 18.0 Å². The highest BCUT2D eigenvalue weighted by molar-refractivity contribution is 7.80. The molecule has 1 aromatic heterocycles. The zero-order chi connectivity index (χ0) is 12.8. The molecule has 0 unspecified atom stereocenters. The van der Waals surface area contributed by atoms with E-state index in [2.05, 4.69) is 15.2 Å². The lowest BCUT2D eigenvalue weighted by Crippen LogP contribution is -2.22. The van der Waals surface area contributed by atoms with Crippen LogP contribution in [0.5, 0.6) is 0 Å². The van der Waals surface area contributed by atoms with Crippen molar-refractivity contribution in [2.45, 2.75) is 19.3 Å². The molecule has 0 aromatic carbocycles.